The van der Waals surface area contributed by atoms with Crippen LogP contribution in [0.1, 0.15) is 22.5 Å². The topological polar surface area (TPSA) is 67.1 Å². The molecule has 152 valence electrons. The van der Waals surface area contributed by atoms with Gasteiger partial charge in [0.1, 0.15) is 6.54 Å². The summed E-state index contributed by atoms with van der Waals surface area (Å²) in [5.41, 5.74) is 4.01. The molecule has 0 aliphatic heterocycles. The Morgan fingerprint density at radius 3 is 2.45 bits per heavy atom. The Labute approximate surface area is 165 Å². The molecule has 4 rings (SSSR count). The van der Waals surface area contributed by atoms with Crippen molar-refractivity contribution in [3.8, 4) is 0 Å². The second-order valence-corrected chi connectivity index (χ2v) is 7.15. The molecule has 9 heteroatoms. The Balaban J connectivity index is 1.66. The number of alkyl halides is 3. The van der Waals surface area contributed by atoms with E-state index in [0.29, 0.717) is 0 Å². The second-order valence-electron chi connectivity index (χ2n) is 7.15. The van der Waals surface area contributed by atoms with Gasteiger partial charge in [-0.3, -0.25) is 0 Å². The summed E-state index contributed by atoms with van der Waals surface area (Å²) in [7, 11) is 0. The van der Waals surface area contributed by atoms with Crippen molar-refractivity contribution in [3.05, 3.63) is 71.0 Å². The molecule has 0 saturated carbocycles. The van der Waals surface area contributed by atoms with Crippen LogP contribution in [0.3, 0.4) is 0 Å². The van der Waals surface area contributed by atoms with Gasteiger partial charge in [0.05, 0.1) is 13.2 Å². The number of hydrogen-bond acceptors (Lipinski definition) is 5. The van der Waals surface area contributed by atoms with Crippen molar-refractivity contribution < 1.29 is 18.3 Å². The summed E-state index contributed by atoms with van der Waals surface area (Å²) in [6, 6.07) is 15.5. The molecular formula is C20H20F3N5O. The number of nitrogens with zero attached hydrogens (tertiary/aromatic N) is 5. The van der Waals surface area contributed by atoms with Crippen molar-refractivity contribution in [2.75, 3.05) is 4.90 Å². The molecule has 0 atom stereocenters. The summed E-state index contributed by atoms with van der Waals surface area (Å²) < 4.78 is 39.4. The minimum atomic E-state index is -4.41. The van der Waals surface area contributed by atoms with Crippen LogP contribution >= 0.6 is 0 Å². The highest BCUT2D eigenvalue weighted by molar-refractivity contribution is 5.51. The highest BCUT2D eigenvalue weighted by Gasteiger charge is 2.32. The molecule has 1 aromatic heterocycles. The minimum absolute atomic E-state index is 0.0531. The van der Waals surface area contributed by atoms with Crippen LogP contribution in [0.25, 0.3) is 0 Å². The van der Waals surface area contributed by atoms with Crippen LogP contribution < -0.4 is 4.90 Å². The van der Waals surface area contributed by atoms with Crippen LogP contribution in [-0.2, 0) is 32.5 Å². The lowest BCUT2D eigenvalue weighted by Crippen LogP contribution is -2.37. The molecule has 3 aromatic rings. The molecule has 1 aliphatic carbocycles. The van der Waals surface area contributed by atoms with E-state index in [-0.39, 0.29) is 25.0 Å². The molecule has 29 heavy (non-hydrogen) atoms. The average Bonchev–Trinajstić information content (AvgIpc) is 3.31. The lowest BCUT2D eigenvalue weighted by atomic mass is 10.1. The van der Waals surface area contributed by atoms with E-state index < -0.39 is 12.7 Å². The molecule has 0 spiro atoms. The highest BCUT2D eigenvalue weighted by atomic mass is 19.4. The maximum atomic E-state index is 12.9. The average molecular weight is 403 g/mol. The molecule has 0 fully saturated rings. The van der Waals surface area contributed by atoms with Crippen molar-refractivity contribution in [2.45, 2.75) is 44.8 Å². The van der Waals surface area contributed by atoms with Crippen LogP contribution in [0, 0.1) is 0 Å². The summed E-state index contributed by atoms with van der Waals surface area (Å²) in [6.07, 6.45) is -2.85. The predicted molar refractivity (Wildman–Crippen MR) is 100 cm³/mol. The molecule has 0 bridgehead atoms. The zero-order chi connectivity index (χ0) is 20.4. The van der Waals surface area contributed by atoms with E-state index >= 15 is 0 Å². The van der Waals surface area contributed by atoms with Gasteiger partial charge in [0.2, 0.25) is 0 Å². The largest absolute Gasteiger partial charge is 0.408 e. The summed E-state index contributed by atoms with van der Waals surface area (Å²) in [6.45, 7) is -1.21. The molecule has 1 aliphatic rings. The number of benzene rings is 2. The number of tetrazole rings is 1. The van der Waals surface area contributed by atoms with E-state index in [1.807, 2.05) is 35.2 Å². The third-order valence-electron chi connectivity index (χ3n) is 5.14. The Bertz CT molecular complexity index is 963. The fraction of sp³-hybridized carbons (Fsp3) is 0.350. The lowest BCUT2D eigenvalue weighted by molar-refractivity contribution is -0.143. The Morgan fingerprint density at radius 2 is 1.79 bits per heavy atom. The van der Waals surface area contributed by atoms with Gasteiger partial charge in [-0.2, -0.15) is 13.2 Å². The standard InChI is InChI=1S/C20H20F3N5O/c21-20(22,23)13-28-19(24-25-26-28)11-27(17-7-3-4-14(8-17)12-29)18-9-15-5-1-2-6-16(15)10-18/h1-8,18,29H,9-13H2. The number of aliphatic hydroxyl groups is 1. The third kappa shape index (κ3) is 4.40. The van der Waals surface area contributed by atoms with E-state index in [1.54, 1.807) is 6.07 Å². The minimum Gasteiger partial charge on any atom is -0.392 e. The first-order valence-corrected chi connectivity index (χ1v) is 9.28. The number of aromatic nitrogens is 4. The number of halogens is 3. The number of fused-ring (bicyclic) bond motifs is 1. The summed E-state index contributed by atoms with van der Waals surface area (Å²) in [5, 5.41) is 20.3. The van der Waals surface area contributed by atoms with Crippen LogP contribution in [0.2, 0.25) is 0 Å². The molecular weight excluding hydrogens is 383 g/mol. The van der Waals surface area contributed by atoms with E-state index in [4.69, 9.17) is 0 Å². The van der Waals surface area contributed by atoms with Crippen LogP contribution in [0.15, 0.2) is 48.5 Å². The van der Waals surface area contributed by atoms with E-state index in [0.717, 1.165) is 28.8 Å². The number of aliphatic hydroxyl groups excluding tert-OH is 1. The predicted octanol–water partition coefficient (Wildman–Crippen LogP) is 2.90. The molecule has 1 N–H and O–H groups in total. The summed E-state index contributed by atoms with van der Waals surface area (Å²) in [5.74, 6) is 0.146. The maximum absolute atomic E-state index is 12.9. The number of rotatable bonds is 6. The van der Waals surface area contributed by atoms with Gasteiger partial charge >= 0.3 is 6.18 Å². The Morgan fingerprint density at radius 1 is 1.07 bits per heavy atom. The van der Waals surface area contributed by atoms with Gasteiger partial charge in [-0.25, -0.2) is 4.68 Å². The number of hydrogen-bond donors (Lipinski definition) is 1. The van der Waals surface area contributed by atoms with Crippen molar-refractivity contribution >= 4 is 5.69 Å². The molecule has 0 saturated heterocycles. The van der Waals surface area contributed by atoms with Gasteiger partial charge in [0, 0.05) is 11.7 Å². The Hall–Kier alpha value is -2.94. The molecule has 6 nitrogen and oxygen atoms in total. The van der Waals surface area contributed by atoms with E-state index in [2.05, 4.69) is 27.7 Å². The van der Waals surface area contributed by atoms with Gasteiger partial charge in [-0.1, -0.05) is 36.4 Å². The molecule has 0 radical (unpaired) electrons. The lowest BCUT2D eigenvalue weighted by Gasteiger charge is -2.31. The monoisotopic (exact) mass is 403 g/mol. The fourth-order valence-corrected chi connectivity index (χ4v) is 3.80. The fourth-order valence-electron chi connectivity index (χ4n) is 3.80. The van der Waals surface area contributed by atoms with Gasteiger partial charge in [-0.05, 0) is 52.1 Å². The van der Waals surface area contributed by atoms with Crippen molar-refractivity contribution in [2.24, 2.45) is 0 Å². The van der Waals surface area contributed by atoms with Crippen molar-refractivity contribution in [3.63, 3.8) is 0 Å². The van der Waals surface area contributed by atoms with Gasteiger partial charge in [0.15, 0.2) is 5.82 Å². The smallest absolute Gasteiger partial charge is 0.392 e. The van der Waals surface area contributed by atoms with Crippen molar-refractivity contribution in [1.29, 1.82) is 0 Å². The van der Waals surface area contributed by atoms with Gasteiger partial charge in [0.25, 0.3) is 0 Å². The normalized spacial score (nSPS) is 14.2. The quantitative estimate of drug-likeness (QED) is 0.686. The number of anilines is 1. The first-order valence-electron chi connectivity index (χ1n) is 9.28. The van der Waals surface area contributed by atoms with Gasteiger partial charge in [-0.15, -0.1) is 5.10 Å². The van der Waals surface area contributed by atoms with E-state index in [1.165, 1.54) is 11.1 Å². The molecule has 1 heterocycles. The van der Waals surface area contributed by atoms with E-state index in [9.17, 15) is 18.3 Å². The summed E-state index contributed by atoms with van der Waals surface area (Å²) in [4.78, 5) is 2.03. The maximum Gasteiger partial charge on any atom is 0.408 e. The SMILES string of the molecule is OCc1cccc(N(Cc2nnnn2CC(F)(F)F)C2Cc3ccccc3C2)c1. The first-order chi connectivity index (χ1) is 13.9. The molecule has 2 aromatic carbocycles. The third-order valence-corrected chi connectivity index (χ3v) is 5.14. The van der Waals surface area contributed by atoms with Crippen LogP contribution in [-0.4, -0.2) is 37.5 Å². The van der Waals surface area contributed by atoms with Crippen LogP contribution in [0.4, 0.5) is 18.9 Å². The highest BCUT2D eigenvalue weighted by Crippen LogP contribution is 2.31. The zero-order valence-electron chi connectivity index (χ0n) is 15.5. The molecule has 0 amide bonds. The van der Waals surface area contributed by atoms with Crippen molar-refractivity contribution in [1.82, 2.24) is 20.2 Å². The zero-order valence-corrected chi connectivity index (χ0v) is 15.5. The Kier molecular flexibility index (Phi) is 5.23. The first kappa shape index (κ1) is 19.4. The molecule has 0 unspecified atom stereocenters. The summed E-state index contributed by atoms with van der Waals surface area (Å²) >= 11 is 0. The van der Waals surface area contributed by atoms with Gasteiger partial charge < -0.3 is 10.0 Å². The second kappa shape index (κ2) is 7.82. The van der Waals surface area contributed by atoms with Crippen LogP contribution in [0.5, 0.6) is 0 Å².